The predicted molar refractivity (Wildman–Crippen MR) is 79.3 cm³/mol. The van der Waals surface area contributed by atoms with Crippen molar-refractivity contribution in [3.8, 4) is 28.7 Å². The van der Waals surface area contributed by atoms with Gasteiger partial charge in [0.15, 0.2) is 11.5 Å². The Kier molecular flexibility index (Phi) is 4.41. The highest BCUT2D eigenvalue weighted by molar-refractivity contribution is 6.13. The number of rotatable bonds is 5. The second-order valence-corrected chi connectivity index (χ2v) is 4.37. The molecule has 6 heteroatoms. The van der Waals surface area contributed by atoms with Crippen molar-refractivity contribution in [2.24, 2.45) is 0 Å². The number of carbonyl (C=O) groups is 1. The van der Waals surface area contributed by atoms with E-state index in [1.165, 1.54) is 21.3 Å². The Labute approximate surface area is 127 Å². The van der Waals surface area contributed by atoms with Crippen molar-refractivity contribution in [2.45, 2.75) is 0 Å². The van der Waals surface area contributed by atoms with Crippen LogP contribution in [0.5, 0.6) is 28.7 Å². The van der Waals surface area contributed by atoms with Crippen molar-refractivity contribution in [1.29, 1.82) is 0 Å². The van der Waals surface area contributed by atoms with E-state index in [-0.39, 0.29) is 22.8 Å². The van der Waals surface area contributed by atoms with E-state index in [1.54, 1.807) is 30.3 Å². The number of ether oxygens (including phenoxy) is 3. The summed E-state index contributed by atoms with van der Waals surface area (Å²) in [6.07, 6.45) is 0. The molecule has 0 aromatic heterocycles. The highest BCUT2D eigenvalue weighted by Gasteiger charge is 2.30. The molecule has 0 radical (unpaired) electrons. The lowest BCUT2D eigenvalue weighted by molar-refractivity contribution is 0.103. The number of phenols is 2. The monoisotopic (exact) mass is 304 g/mol. The predicted octanol–water partition coefficient (Wildman–Crippen LogP) is 2.35. The van der Waals surface area contributed by atoms with Crippen LogP contribution in [0, 0.1) is 0 Å². The summed E-state index contributed by atoms with van der Waals surface area (Å²) >= 11 is 0. The zero-order valence-electron chi connectivity index (χ0n) is 12.4. The first kappa shape index (κ1) is 15.5. The van der Waals surface area contributed by atoms with Crippen molar-refractivity contribution in [1.82, 2.24) is 0 Å². The van der Waals surface area contributed by atoms with Gasteiger partial charge in [-0.1, -0.05) is 30.3 Å². The molecule has 0 saturated heterocycles. The number of aromatic hydroxyl groups is 2. The van der Waals surface area contributed by atoms with Crippen LogP contribution in [0.4, 0.5) is 0 Å². The molecule has 2 N–H and O–H groups in total. The fraction of sp³-hybridized carbons (Fsp3) is 0.188. The summed E-state index contributed by atoms with van der Waals surface area (Å²) in [7, 11) is 3.97. The standard InChI is InChI=1S/C16H16O6/c1-20-14-10(11(17)9-7-5-4-6-8-9)12(18)13(19)15(21-2)16(14)22-3/h4-8,18-19H,1-3H3. The Morgan fingerprint density at radius 2 is 1.36 bits per heavy atom. The van der Waals surface area contributed by atoms with Crippen LogP contribution in [0.25, 0.3) is 0 Å². The van der Waals surface area contributed by atoms with Crippen LogP contribution in [0.1, 0.15) is 15.9 Å². The number of hydrogen-bond acceptors (Lipinski definition) is 6. The third kappa shape index (κ3) is 2.39. The smallest absolute Gasteiger partial charge is 0.211 e. The molecule has 0 bridgehead atoms. The zero-order valence-corrected chi connectivity index (χ0v) is 12.4. The van der Waals surface area contributed by atoms with Crippen LogP contribution in [-0.4, -0.2) is 37.3 Å². The van der Waals surface area contributed by atoms with E-state index in [9.17, 15) is 15.0 Å². The van der Waals surface area contributed by atoms with E-state index in [2.05, 4.69) is 0 Å². The second kappa shape index (κ2) is 6.26. The number of methoxy groups -OCH3 is 3. The van der Waals surface area contributed by atoms with Crippen molar-refractivity contribution >= 4 is 5.78 Å². The Bertz CT molecular complexity index is 694. The van der Waals surface area contributed by atoms with Gasteiger partial charge in [0.05, 0.1) is 21.3 Å². The number of carbonyl (C=O) groups excluding carboxylic acids is 1. The minimum Gasteiger partial charge on any atom is -0.504 e. The maximum absolute atomic E-state index is 12.6. The molecule has 2 aromatic carbocycles. The summed E-state index contributed by atoms with van der Waals surface area (Å²) in [5.74, 6) is -1.81. The van der Waals surface area contributed by atoms with Crippen molar-refractivity contribution in [2.75, 3.05) is 21.3 Å². The molecule has 2 aromatic rings. The van der Waals surface area contributed by atoms with Gasteiger partial charge in [0.25, 0.3) is 0 Å². The molecule has 0 aliphatic heterocycles. The molecule has 0 unspecified atom stereocenters. The normalized spacial score (nSPS) is 10.1. The maximum atomic E-state index is 12.6. The van der Waals surface area contributed by atoms with Gasteiger partial charge in [-0.25, -0.2) is 0 Å². The Morgan fingerprint density at radius 3 is 1.86 bits per heavy atom. The molecule has 0 aliphatic rings. The fourth-order valence-corrected chi connectivity index (χ4v) is 2.17. The summed E-state index contributed by atoms with van der Waals surface area (Å²) in [6.45, 7) is 0. The highest BCUT2D eigenvalue weighted by atomic mass is 16.5. The van der Waals surface area contributed by atoms with Crippen molar-refractivity contribution in [3.63, 3.8) is 0 Å². The minimum absolute atomic E-state index is 0.0106. The summed E-state index contributed by atoms with van der Waals surface area (Å²) < 4.78 is 15.3. The number of hydrogen-bond donors (Lipinski definition) is 2. The van der Waals surface area contributed by atoms with Gasteiger partial charge in [-0.15, -0.1) is 0 Å². The van der Waals surface area contributed by atoms with Crippen LogP contribution < -0.4 is 14.2 Å². The molecule has 0 spiro atoms. The first-order valence-electron chi connectivity index (χ1n) is 6.40. The Balaban J connectivity index is 2.75. The van der Waals surface area contributed by atoms with Gasteiger partial charge in [-0.05, 0) is 0 Å². The fourth-order valence-electron chi connectivity index (χ4n) is 2.17. The van der Waals surface area contributed by atoms with E-state index >= 15 is 0 Å². The van der Waals surface area contributed by atoms with Crippen LogP contribution in [-0.2, 0) is 0 Å². The van der Waals surface area contributed by atoms with E-state index in [0.29, 0.717) is 5.56 Å². The first-order chi connectivity index (χ1) is 10.6. The minimum atomic E-state index is -0.622. The maximum Gasteiger partial charge on any atom is 0.211 e. The van der Waals surface area contributed by atoms with Crippen LogP contribution in [0.15, 0.2) is 30.3 Å². The van der Waals surface area contributed by atoms with Crippen molar-refractivity contribution in [3.05, 3.63) is 41.5 Å². The van der Waals surface area contributed by atoms with E-state index in [1.807, 2.05) is 0 Å². The van der Waals surface area contributed by atoms with Gasteiger partial charge in [0.1, 0.15) is 5.56 Å². The van der Waals surface area contributed by atoms with Gasteiger partial charge in [0.2, 0.25) is 23.0 Å². The lowest BCUT2D eigenvalue weighted by Gasteiger charge is -2.18. The van der Waals surface area contributed by atoms with Crippen molar-refractivity contribution < 1.29 is 29.2 Å². The van der Waals surface area contributed by atoms with Gasteiger partial charge in [-0.2, -0.15) is 0 Å². The molecule has 0 fully saturated rings. The largest absolute Gasteiger partial charge is 0.504 e. The Hall–Kier alpha value is -2.89. The van der Waals surface area contributed by atoms with Crippen LogP contribution >= 0.6 is 0 Å². The van der Waals surface area contributed by atoms with E-state index < -0.39 is 17.3 Å². The molecule has 6 nitrogen and oxygen atoms in total. The molecule has 116 valence electrons. The second-order valence-electron chi connectivity index (χ2n) is 4.37. The third-order valence-corrected chi connectivity index (χ3v) is 3.19. The lowest BCUT2D eigenvalue weighted by atomic mass is 10.00. The summed E-state index contributed by atoms with van der Waals surface area (Å²) in [5, 5.41) is 20.2. The molecule has 0 saturated carbocycles. The van der Waals surface area contributed by atoms with E-state index in [4.69, 9.17) is 14.2 Å². The number of benzene rings is 2. The van der Waals surface area contributed by atoms with E-state index in [0.717, 1.165) is 0 Å². The van der Waals surface area contributed by atoms with Gasteiger partial charge >= 0.3 is 0 Å². The number of ketones is 1. The van der Waals surface area contributed by atoms with Gasteiger partial charge < -0.3 is 24.4 Å². The third-order valence-electron chi connectivity index (χ3n) is 3.19. The molecule has 0 aliphatic carbocycles. The average molecular weight is 304 g/mol. The first-order valence-corrected chi connectivity index (χ1v) is 6.40. The topological polar surface area (TPSA) is 85.2 Å². The van der Waals surface area contributed by atoms with Crippen LogP contribution in [0.2, 0.25) is 0 Å². The molecule has 2 rings (SSSR count). The zero-order chi connectivity index (χ0) is 16.3. The molecule has 0 heterocycles. The number of phenolic OH excluding ortho intramolecular Hbond substituents is 2. The quantitative estimate of drug-likeness (QED) is 0.651. The lowest BCUT2D eigenvalue weighted by Crippen LogP contribution is -2.07. The molecule has 0 amide bonds. The molecule has 22 heavy (non-hydrogen) atoms. The van der Waals surface area contributed by atoms with Crippen LogP contribution in [0.3, 0.4) is 0 Å². The molecule has 0 atom stereocenters. The van der Waals surface area contributed by atoms with Gasteiger partial charge in [0, 0.05) is 5.56 Å². The average Bonchev–Trinajstić information content (AvgIpc) is 2.56. The summed E-state index contributed by atoms with van der Waals surface area (Å²) in [5.41, 5.74) is 0.145. The molecular formula is C16H16O6. The Morgan fingerprint density at radius 1 is 0.818 bits per heavy atom. The highest BCUT2D eigenvalue weighted by Crippen LogP contribution is 2.52. The summed E-state index contributed by atoms with van der Waals surface area (Å²) in [6, 6.07) is 8.33. The SMILES string of the molecule is COc1c(O)c(O)c(C(=O)c2ccccc2)c(OC)c1OC. The summed E-state index contributed by atoms with van der Waals surface area (Å²) in [4.78, 5) is 12.6. The van der Waals surface area contributed by atoms with Gasteiger partial charge in [-0.3, -0.25) is 4.79 Å². The molecular weight excluding hydrogens is 288 g/mol.